The van der Waals surface area contributed by atoms with Gasteiger partial charge < -0.3 is 4.42 Å². The number of nitrogens with zero attached hydrogens (tertiary/aromatic N) is 2. The third-order valence-electron chi connectivity index (χ3n) is 9.50. The van der Waals surface area contributed by atoms with E-state index in [2.05, 4.69) is 123 Å². The molecule has 0 saturated heterocycles. The highest BCUT2D eigenvalue weighted by molar-refractivity contribution is 6.10. The molecule has 1 aliphatic carbocycles. The quantitative estimate of drug-likeness (QED) is 0.205. The van der Waals surface area contributed by atoms with Gasteiger partial charge in [0, 0.05) is 38.4 Å². The first kappa shape index (κ1) is 26.6. The smallest absolute Gasteiger partial charge is 0.160 e. The summed E-state index contributed by atoms with van der Waals surface area (Å²) < 4.78 is 6.61. The summed E-state index contributed by atoms with van der Waals surface area (Å²) in [6.07, 6.45) is 0. The summed E-state index contributed by atoms with van der Waals surface area (Å²) in [7, 11) is 0. The van der Waals surface area contributed by atoms with Gasteiger partial charge in [0.1, 0.15) is 11.2 Å². The molecule has 1 aliphatic rings. The van der Waals surface area contributed by atoms with Gasteiger partial charge in [0.05, 0.1) is 11.4 Å². The summed E-state index contributed by atoms with van der Waals surface area (Å²) in [6.45, 7) is 4.61. The highest BCUT2D eigenvalue weighted by Gasteiger charge is 2.38. The molecular weight excluding hydrogens is 560 g/mol. The first-order chi connectivity index (χ1) is 22.5. The van der Waals surface area contributed by atoms with Gasteiger partial charge in [0.2, 0.25) is 0 Å². The van der Waals surface area contributed by atoms with Gasteiger partial charge in [0.25, 0.3) is 0 Å². The highest BCUT2D eigenvalue weighted by atomic mass is 16.3. The molecule has 0 saturated carbocycles. The number of aromatic nitrogens is 2. The van der Waals surface area contributed by atoms with Crippen LogP contribution in [0.5, 0.6) is 0 Å². The molecule has 3 heteroatoms. The number of benzene rings is 6. The molecule has 2 aromatic heterocycles. The molecule has 218 valence electrons. The molecule has 0 radical (unpaired) electrons. The van der Waals surface area contributed by atoms with E-state index in [9.17, 15) is 0 Å². The van der Waals surface area contributed by atoms with Crippen LogP contribution in [0.25, 0.3) is 78.1 Å². The minimum Gasteiger partial charge on any atom is -0.456 e. The third kappa shape index (κ3) is 4.13. The average Bonchev–Trinajstić information content (AvgIpc) is 3.60. The van der Waals surface area contributed by atoms with Crippen LogP contribution in [0.3, 0.4) is 0 Å². The lowest BCUT2D eigenvalue weighted by atomic mass is 9.82. The van der Waals surface area contributed by atoms with Gasteiger partial charge in [-0.15, -0.1) is 0 Å². The van der Waals surface area contributed by atoms with Crippen molar-refractivity contribution in [1.29, 1.82) is 0 Å². The molecule has 2 heterocycles. The lowest BCUT2D eigenvalue weighted by molar-refractivity contribution is 0.620. The van der Waals surface area contributed by atoms with E-state index < -0.39 is 0 Å². The van der Waals surface area contributed by atoms with Crippen LogP contribution >= 0.6 is 0 Å². The molecular formula is C43H30N2O. The maximum absolute atomic E-state index is 6.61. The molecule has 0 fully saturated rings. The van der Waals surface area contributed by atoms with Crippen LogP contribution in [-0.4, -0.2) is 9.97 Å². The molecule has 0 amide bonds. The van der Waals surface area contributed by atoms with Crippen LogP contribution in [0.4, 0.5) is 0 Å². The fourth-order valence-corrected chi connectivity index (χ4v) is 7.16. The number of hydrogen-bond acceptors (Lipinski definition) is 3. The van der Waals surface area contributed by atoms with Crippen LogP contribution in [0.2, 0.25) is 0 Å². The Labute approximate surface area is 267 Å². The Morgan fingerprint density at radius 2 is 1.09 bits per heavy atom. The number of furan rings is 1. The zero-order valence-electron chi connectivity index (χ0n) is 25.7. The Morgan fingerprint density at radius 3 is 1.83 bits per heavy atom. The molecule has 46 heavy (non-hydrogen) atoms. The van der Waals surface area contributed by atoms with Crippen molar-refractivity contribution in [3.8, 4) is 56.2 Å². The molecule has 9 rings (SSSR count). The van der Waals surface area contributed by atoms with E-state index in [1.165, 1.54) is 22.3 Å². The second-order valence-electron chi connectivity index (χ2n) is 12.6. The SMILES string of the molecule is CC1(C)c2ccccc2-c2ccc3c(oc4ccc(-c5ccc(-c6cc(-c7ccccc7)nc(-c7ccccc7)n6)cc5)cc43)c21. The fourth-order valence-electron chi connectivity index (χ4n) is 7.16. The van der Waals surface area contributed by atoms with E-state index in [-0.39, 0.29) is 5.41 Å². The number of fused-ring (bicyclic) bond motifs is 7. The number of rotatable bonds is 4. The minimum absolute atomic E-state index is 0.125. The van der Waals surface area contributed by atoms with Crippen molar-refractivity contribution in [2.24, 2.45) is 0 Å². The maximum atomic E-state index is 6.61. The van der Waals surface area contributed by atoms with Gasteiger partial charge >= 0.3 is 0 Å². The summed E-state index contributed by atoms with van der Waals surface area (Å²) in [5.41, 5.74) is 14.2. The summed E-state index contributed by atoms with van der Waals surface area (Å²) >= 11 is 0. The Bertz CT molecular complexity index is 2360. The van der Waals surface area contributed by atoms with E-state index in [1.54, 1.807) is 0 Å². The zero-order chi connectivity index (χ0) is 30.8. The first-order valence-electron chi connectivity index (χ1n) is 15.7. The molecule has 0 unspecified atom stereocenters. The van der Waals surface area contributed by atoms with E-state index in [1.807, 2.05) is 36.4 Å². The standard InChI is InChI=1S/C43H30N2O/c1-43(2)36-16-10-9-15-32(36)33-22-23-34-35-25-31(21-24-39(35)46-41(34)40(33)43)27-17-19-29(20-18-27)38-26-37(28-11-5-3-6-12-28)44-42(45-38)30-13-7-4-8-14-30/h3-26H,1-2H3. The van der Waals surface area contributed by atoms with Crippen LogP contribution in [0.15, 0.2) is 150 Å². The predicted octanol–water partition coefficient (Wildman–Crippen LogP) is 11.4. The molecule has 3 nitrogen and oxygen atoms in total. The third-order valence-corrected chi connectivity index (χ3v) is 9.50. The van der Waals surface area contributed by atoms with Gasteiger partial charge in [-0.05, 0) is 52.1 Å². The first-order valence-corrected chi connectivity index (χ1v) is 15.7. The number of hydrogen-bond donors (Lipinski definition) is 0. The van der Waals surface area contributed by atoms with Crippen LogP contribution in [0, 0.1) is 0 Å². The summed E-state index contributed by atoms with van der Waals surface area (Å²) in [5.74, 6) is 0.719. The normalized spacial score (nSPS) is 13.2. The molecule has 0 bridgehead atoms. The summed E-state index contributed by atoms with van der Waals surface area (Å²) in [5, 5.41) is 2.30. The van der Waals surface area contributed by atoms with E-state index in [4.69, 9.17) is 14.4 Å². The van der Waals surface area contributed by atoms with Crippen LogP contribution in [-0.2, 0) is 5.41 Å². The predicted molar refractivity (Wildman–Crippen MR) is 189 cm³/mol. The van der Waals surface area contributed by atoms with Crippen molar-refractivity contribution in [3.63, 3.8) is 0 Å². The van der Waals surface area contributed by atoms with E-state index in [0.717, 1.165) is 67.0 Å². The molecule has 6 aromatic carbocycles. The Hall–Kier alpha value is -5.80. The van der Waals surface area contributed by atoms with Crippen molar-refractivity contribution < 1.29 is 4.42 Å². The van der Waals surface area contributed by atoms with Crippen LogP contribution < -0.4 is 0 Å². The second kappa shape index (κ2) is 10.1. The largest absolute Gasteiger partial charge is 0.456 e. The van der Waals surface area contributed by atoms with Gasteiger partial charge in [-0.3, -0.25) is 0 Å². The Morgan fingerprint density at radius 1 is 0.478 bits per heavy atom. The lowest BCUT2D eigenvalue weighted by Crippen LogP contribution is -2.15. The summed E-state index contributed by atoms with van der Waals surface area (Å²) in [4.78, 5) is 9.94. The van der Waals surface area contributed by atoms with E-state index >= 15 is 0 Å². The minimum atomic E-state index is -0.125. The molecule has 0 atom stereocenters. The summed E-state index contributed by atoms with van der Waals surface area (Å²) in [6, 6.07) is 51.0. The average molecular weight is 591 g/mol. The monoisotopic (exact) mass is 590 g/mol. The lowest BCUT2D eigenvalue weighted by Gasteiger charge is -2.21. The van der Waals surface area contributed by atoms with Gasteiger partial charge in [-0.25, -0.2) is 9.97 Å². The fraction of sp³-hybridized carbons (Fsp3) is 0.0698. The van der Waals surface area contributed by atoms with Gasteiger partial charge in [-0.2, -0.15) is 0 Å². The zero-order valence-corrected chi connectivity index (χ0v) is 25.7. The maximum Gasteiger partial charge on any atom is 0.160 e. The van der Waals surface area contributed by atoms with Crippen molar-refractivity contribution in [2.75, 3.05) is 0 Å². The molecule has 0 spiro atoms. The van der Waals surface area contributed by atoms with Crippen molar-refractivity contribution in [3.05, 3.63) is 157 Å². The topological polar surface area (TPSA) is 38.9 Å². The Kier molecular flexibility index (Phi) is 5.85. The Balaban J connectivity index is 1.11. The van der Waals surface area contributed by atoms with Crippen molar-refractivity contribution in [2.45, 2.75) is 19.3 Å². The molecule has 8 aromatic rings. The highest BCUT2D eigenvalue weighted by Crippen LogP contribution is 2.52. The van der Waals surface area contributed by atoms with E-state index in [0.29, 0.717) is 0 Å². The van der Waals surface area contributed by atoms with Crippen molar-refractivity contribution >= 4 is 21.9 Å². The van der Waals surface area contributed by atoms with Crippen LogP contribution in [0.1, 0.15) is 25.0 Å². The van der Waals surface area contributed by atoms with Crippen molar-refractivity contribution in [1.82, 2.24) is 9.97 Å². The van der Waals surface area contributed by atoms with Gasteiger partial charge in [-0.1, -0.05) is 135 Å². The second-order valence-corrected chi connectivity index (χ2v) is 12.6. The van der Waals surface area contributed by atoms with Gasteiger partial charge in [0.15, 0.2) is 5.82 Å². The molecule has 0 N–H and O–H groups in total. The molecule has 0 aliphatic heterocycles.